The Hall–Kier alpha value is -1.92. The number of carbonyl (C=O) groups excluding carboxylic acids is 1. The maximum atomic E-state index is 11.9. The highest BCUT2D eigenvalue weighted by molar-refractivity contribution is 5.93. The maximum Gasteiger partial charge on any atom is 0.326 e. The standard InChI is InChI=1S/C9H12N4O3/c1-5-10-7(12-11-5)8(14)13-4-2-3-6(13)9(15)16/h6H,2-4H2,1H3,(H,15,16)(H,10,11,12). The molecule has 1 saturated heterocycles. The molecule has 1 amide bonds. The smallest absolute Gasteiger partial charge is 0.326 e. The van der Waals surface area contributed by atoms with E-state index in [-0.39, 0.29) is 5.82 Å². The second-order valence-electron chi connectivity index (χ2n) is 3.74. The van der Waals surface area contributed by atoms with Crippen LogP contribution in [0.4, 0.5) is 0 Å². The van der Waals surface area contributed by atoms with Crippen LogP contribution in [0.25, 0.3) is 0 Å². The number of aryl methyl sites for hydroxylation is 1. The van der Waals surface area contributed by atoms with Crippen LogP contribution in [-0.4, -0.2) is 49.7 Å². The van der Waals surface area contributed by atoms with Gasteiger partial charge in [-0.05, 0) is 19.8 Å². The van der Waals surface area contributed by atoms with Gasteiger partial charge in [-0.15, -0.1) is 5.10 Å². The molecule has 0 bridgehead atoms. The fourth-order valence-corrected chi connectivity index (χ4v) is 1.83. The topological polar surface area (TPSA) is 99.2 Å². The molecule has 2 heterocycles. The molecule has 0 aliphatic carbocycles. The molecule has 7 nitrogen and oxygen atoms in total. The van der Waals surface area contributed by atoms with Gasteiger partial charge in [0.1, 0.15) is 11.9 Å². The van der Waals surface area contributed by atoms with Gasteiger partial charge in [0.15, 0.2) is 0 Å². The lowest BCUT2D eigenvalue weighted by Gasteiger charge is -2.19. The van der Waals surface area contributed by atoms with E-state index >= 15 is 0 Å². The highest BCUT2D eigenvalue weighted by Gasteiger charge is 2.35. The number of aromatic amines is 1. The quantitative estimate of drug-likeness (QED) is 0.724. The Morgan fingerprint density at radius 2 is 2.31 bits per heavy atom. The van der Waals surface area contributed by atoms with E-state index in [9.17, 15) is 9.59 Å². The SMILES string of the molecule is Cc1nc(C(=O)N2CCCC2C(=O)O)n[nH]1. The number of aromatic nitrogens is 3. The van der Waals surface area contributed by atoms with E-state index in [0.29, 0.717) is 25.2 Å². The minimum Gasteiger partial charge on any atom is -0.480 e. The average molecular weight is 224 g/mol. The van der Waals surface area contributed by atoms with Gasteiger partial charge in [-0.1, -0.05) is 0 Å². The minimum absolute atomic E-state index is 0.0330. The number of likely N-dealkylation sites (tertiary alicyclic amines) is 1. The largest absolute Gasteiger partial charge is 0.480 e. The molecule has 16 heavy (non-hydrogen) atoms. The lowest BCUT2D eigenvalue weighted by Crippen LogP contribution is -2.40. The maximum absolute atomic E-state index is 11.9. The van der Waals surface area contributed by atoms with E-state index < -0.39 is 17.9 Å². The third-order valence-electron chi connectivity index (χ3n) is 2.59. The second kappa shape index (κ2) is 3.92. The predicted octanol–water partition coefficient (Wildman–Crippen LogP) is -0.198. The van der Waals surface area contributed by atoms with Crippen molar-refractivity contribution >= 4 is 11.9 Å². The van der Waals surface area contributed by atoms with Crippen LogP contribution in [0.15, 0.2) is 0 Å². The molecule has 0 radical (unpaired) electrons. The Bertz CT molecular complexity index is 428. The van der Waals surface area contributed by atoms with Crippen LogP contribution in [0.3, 0.4) is 0 Å². The molecule has 7 heteroatoms. The summed E-state index contributed by atoms with van der Waals surface area (Å²) in [6.45, 7) is 2.13. The van der Waals surface area contributed by atoms with Gasteiger partial charge in [-0.3, -0.25) is 9.89 Å². The molecule has 2 rings (SSSR count). The first-order valence-corrected chi connectivity index (χ1v) is 5.02. The Morgan fingerprint density at radius 1 is 1.56 bits per heavy atom. The molecule has 0 aromatic carbocycles. The predicted molar refractivity (Wildman–Crippen MR) is 52.8 cm³/mol. The summed E-state index contributed by atoms with van der Waals surface area (Å²) in [6.07, 6.45) is 1.19. The fourth-order valence-electron chi connectivity index (χ4n) is 1.83. The number of carboxylic acid groups (broad SMARTS) is 1. The number of carbonyl (C=O) groups is 2. The van der Waals surface area contributed by atoms with Crippen LogP contribution in [0.1, 0.15) is 29.3 Å². The number of carboxylic acids is 1. The van der Waals surface area contributed by atoms with Gasteiger partial charge in [0.25, 0.3) is 5.91 Å². The Labute approximate surface area is 91.5 Å². The molecule has 86 valence electrons. The molecule has 1 aliphatic rings. The molecule has 2 N–H and O–H groups in total. The fraction of sp³-hybridized carbons (Fsp3) is 0.556. The van der Waals surface area contributed by atoms with Crippen LogP contribution in [0, 0.1) is 6.92 Å². The highest BCUT2D eigenvalue weighted by atomic mass is 16.4. The van der Waals surface area contributed by atoms with Crippen molar-refractivity contribution in [1.29, 1.82) is 0 Å². The summed E-state index contributed by atoms with van der Waals surface area (Å²) in [5, 5.41) is 15.2. The van der Waals surface area contributed by atoms with Crippen LogP contribution in [0.2, 0.25) is 0 Å². The molecule has 1 fully saturated rings. The summed E-state index contributed by atoms with van der Waals surface area (Å²) >= 11 is 0. The molecular formula is C9H12N4O3. The van der Waals surface area contributed by atoms with Gasteiger partial charge in [-0.2, -0.15) is 0 Å². The summed E-state index contributed by atoms with van der Waals surface area (Å²) in [7, 11) is 0. The van der Waals surface area contributed by atoms with Gasteiger partial charge in [0.2, 0.25) is 5.82 Å². The van der Waals surface area contributed by atoms with E-state index in [1.54, 1.807) is 6.92 Å². The van der Waals surface area contributed by atoms with Gasteiger partial charge in [0, 0.05) is 6.54 Å². The van der Waals surface area contributed by atoms with Crippen LogP contribution < -0.4 is 0 Å². The minimum atomic E-state index is -0.974. The van der Waals surface area contributed by atoms with Crippen molar-refractivity contribution in [1.82, 2.24) is 20.1 Å². The van der Waals surface area contributed by atoms with Crippen molar-refractivity contribution in [3.05, 3.63) is 11.6 Å². The van der Waals surface area contributed by atoms with E-state index in [0.717, 1.165) is 0 Å². The lowest BCUT2D eigenvalue weighted by molar-refractivity contribution is -0.141. The number of rotatable bonds is 2. The summed E-state index contributed by atoms with van der Waals surface area (Å²) < 4.78 is 0. The zero-order chi connectivity index (χ0) is 11.7. The van der Waals surface area contributed by atoms with Crippen molar-refractivity contribution < 1.29 is 14.7 Å². The number of nitrogens with zero attached hydrogens (tertiary/aromatic N) is 3. The summed E-state index contributed by atoms with van der Waals surface area (Å²) in [5.74, 6) is -0.826. The normalized spacial score (nSPS) is 20.1. The van der Waals surface area contributed by atoms with Crippen LogP contribution >= 0.6 is 0 Å². The molecule has 1 unspecified atom stereocenters. The number of aliphatic carboxylic acids is 1. The van der Waals surface area contributed by atoms with E-state index in [1.807, 2.05) is 0 Å². The average Bonchev–Trinajstić information content (AvgIpc) is 2.84. The Balaban J connectivity index is 2.18. The van der Waals surface area contributed by atoms with Gasteiger partial charge < -0.3 is 10.0 Å². The third kappa shape index (κ3) is 1.75. The van der Waals surface area contributed by atoms with Crippen LogP contribution in [-0.2, 0) is 4.79 Å². The van der Waals surface area contributed by atoms with Crippen molar-refractivity contribution in [2.24, 2.45) is 0 Å². The van der Waals surface area contributed by atoms with Gasteiger partial charge in [-0.25, -0.2) is 9.78 Å². The molecular weight excluding hydrogens is 212 g/mol. The molecule has 1 aromatic rings. The summed E-state index contributed by atoms with van der Waals surface area (Å²) in [6, 6.07) is -0.744. The molecule has 0 saturated carbocycles. The zero-order valence-electron chi connectivity index (χ0n) is 8.80. The Morgan fingerprint density at radius 3 is 2.88 bits per heavy atom. The number of nitrogens with one attached hydrogen (secondary N) is 1. The lowest BCUT2D eigenvalue weighted by atomic mass is 10.2. The number of hydrogen-bond acceptors (Lipinski definition) is 4. The van der Waals surface area contributed by atoms with Crippen molar-refractivity contribution in [3.63, 3.8) is 0 Å². The van der Waals surface area contributed by atoms with Crippen molar-refractivity contribution in [3.8, 4) is 0 Å². The molecule has 0 spiro atoms. The van der Waals surface area contributed by atoms with Crippen molar-refractivity contribution in [2.75, 3.05) is 6.54 Å². The number of H-pyrrole nitrogens is 1. The number of hydrogen-bond donors (Lipinski definition) is 2. The molecule has 1 atom stereocenters. The first-order valence-electron chi connectivity index (χ1n) is 5.02. The van der Waals surface area contributed by atoms with Gasteiger partial charge >= 0.3 is 5.97 Å². The number of amides is 1. The molecule has 1 aliphatic heterocycles. The van der Waals surface area contributed by atoms with E-state index in [2.05, 4.69) is 15.2 Å². The van der Waals surface area contributed by atoms with E-state index in [4.69, 9.17) is 5.11 Å². The third-order valence-corrected chi connectivity index (χ3v) is 2.59. The Kier molecular flexibility index (Phi) is 2.59. The zero-order valence-corrected chi connectivity index (χ0v) is 8.80. The van der Waals surface area contributed by atoms with E-state index in [1.165, 1.54) is 4.90 Å². The monoisotopic (exact) mass is 224 g/mol. The summed E-state index contributed by atoms with van der Waals surface area (Å²) in [4.78, 5) is 28.0. The van der Waals surface area contributed by atoms with Crippen molar-refractivity contribution in [2.45, 2.75) is 25.8 Å². The molecule has 1 aromatic heterocycles. The first kappa shape index (κ1) is 10.6. The summed E-state index contributed by atoms with van der Waals surface area (Å²) in [5.41, 5.74) is 0. The highest BCUT2D eigenvalue weighted by Crippen LogP contribution is 2.19. The first-order chi connectivity index (χ1) is 7.59. The van der Waals surface area contributed by atoms with Gasteiger partial charge in [0.05, 0.1) is 0 Å². The second-order valence-corrected chi connectivity index (χ2v) is 3.74. The van der Waals surface area contributed by atoms with Crippen LogP contribution in [0.5, 0.6) is 0 Å².